The van der Waals surface area contributed by atoms with Crippen LogP contribution in [0.2, 0.25) is 10.0 Å². The molecule has 3 aromatic rings. The zero-order valence-corrected chi connectivity index (χ0v) is 19.2. The summed E-state index contributed by atoms with van der Waals surface area (Å²) in [7, 11) is -3.85. The van der Waals surface area contributed by atoms with Gasteiger partial charge in [-0.2, -0.15) is 4.31 Å². The number of sulfonamides is 1. The van der Waals surface area contributed by atoms with Crippen molar-refractivity contribution in [3.05, 3.63) is 99.8 Å². The second-order valence-corrected chi connectivity index (χ2v) is 9.79. The van der Waals surface area contributed by atoms with E-state index in [1.54, 1.807) is 60.7 Å². The molecule has 0 atom stereocenters. The molecule has 9 heteroatoms. The first-order valence-electron chi connectivity index (χ1n) is 9.56. The first-order valence-corrected chi connectivity index (χ1v) is 11.8. The van der Waals surface area contributed by atoms with E-state index >= 15 is 0 Å². The van der Waals surface area contributed by atoms with Crippen molar-refractivity contribution >= 4 is 45.3 Å². The lowest BCUT2D eigenvalue weighted by molar-refractivity contribution is -0.136. The second kappa shape index (κ2) is 10.7. The molecule has 3 rings (SSSR count). The van der Waals surface area contributed by atoms with Crippen LogP contribution in [-0.4, -0.2) is 35.3 Å². The lowest BCUT2D eigenvalue weighted by Crippen LogP contribution is -2.31. The molecule has 166 valence electrons. The third-order valence-electron chi connectivity index (χ3n) is 4.48. The number of aliphatic carboxylic acids is 1. The number of benzene rings is 2. The highest BCUT2D eigenvalue weighted by Crippen LogP contribution is 2.21. The van der Waals surface area contributed by atoms with E-state index in [-0.39, 0.29) is 24.4 Å². The van der Waals surface area contributed by atoms with Crippen LogP contribution >= 0.6 is 23.2 Å². The van der Waals surface area contributed by atoms with Crippen molar-refractivity contribution in [3.63, 3.8) is 0 Å². The number of nitrogens with zero attached hydrogens (tertiary/aromatic N) is 2. The van der Waals surface area contributed by atoms with Crippen molar-refractivity contribution in [3.8, 4) is 0 Å². The van der Waals surface area contributed by atoms with Gasteiger partial charge in [-0.15, -0.1) is 0 Å². The molecule has 1 N–H and O–H groups in total. The monoisotopic (exact) mass is 490 g/mol. The Bertz CT molecular complexity index is 1210. The highest BCUT2D eigenvalue weighted by Gasteiger charge is 2.24. The minimum absolute atomic E-state index is 0.0608. The van der Waals surface area contributed by atoms with Crippen molar-refractivity contribution in [2.75, 3.05) is 6.54 Å². The SMILES string of the molecule is O=C(O)Cc1cccc(CN(CC=Cc2cc(Cl)cc(Cl)c2)S(=O)(=O)c2cccnc2)c1. The molecule has 0 saturated heterocycles. The van der Waals surface area contributed by atoms with Crippen LogP contribution in [0.3, 0.4) is 0 Å². The zero-order valence-electron chi connectivity index (χ0n) is 16.9. The fourth-order valence-electron chi connectivity index (χ4n) is 3.09. The quantitative estimate of drug-likeness (QED) is 0.459. The maximum Gasteiger partial charge on any atom is 0.307 e. The van der Waals surface area contributed by atoms with Crippen LogP contribution in [0.15, 0.2) is 78.0 Å². The summed E-state index contributed by atoms with van der Waals surface area (Å²) in [6.07, 6.45) is 6.10. The Morgan fingerprint density at radius 1 is 1.03 bits per heavy atom. The number of hydrogen-bond donors (Lipinski definition) is 1. The van der Waals surface area contributed by atoms with Crippen LogP contribution in [0.25, 0.3) is 6.08 Å². The predicted octanol–water partition coefficient (Wildman–Crippen LogP) is 4.92. The molecule has 6 nitrogen and oxygen atoms in total. The number of aromatic nitrogens is 1. The van der Waals surface area contributed by atoms with Gasteiger partial charge in [-0.3, -0.25) is 9.78 Å². The number of pyridine rings is 1. The Kier molecular flexibility index (Phi) is 8.04. The van der Waals surface area contributed by atoms with Gasteiger partial charge in [0.1, 0.15) is 4.90 Å². The van der Waals surface area contributed by atoms with Gasteiger partial charge in [-0.1, -0.05) is 59.6 Å². The Hall–Kier alpha value is -2.71. The van der Waals surface area contributed by atoms with E-state index in [4.69, 9.17) is 28.3 Å². The normalized spacial score (nSPS) is 11.8. The summed E-state index contributed by atoms with van der Waals surface area (Å²) < 4.78 is 27.8. The molecular weight excluding hydrogens is 471 g/mol. The minimum atomic E-state index is -3.85. The number of carbonyl (C=O) groups is 1. The van der Waals surface area contributed by atoms with Crippen LogP contribution in [0.1, 0.15) is 16.7 Å². The molecule has 0 amide bonds. The van der Waals surface area contributed by atoms with Gasteiger partial charge in [0, 0.05) is 35.5 Å². The molecule has 0 spiro atoms. The molecular formula is C23H20Cl2N2O4S. The van der Waals surface area contributed by atoms with E-state index in [0.29, 0.717) is 21.2 Å². The maximum absolute atomic E-state index is 13.3. The van der Waals surface area contributed by atoms with Crippen LogP contribution in [0.4, 0.5) is 0 Å². The number of carboxylic acid groups (broad SMARTS) is 1. The van der Waals surface area contributed by atoms with Crippen molar-refractivity contribution in [2.24, 2.45) is 0 Å². The molecule has 0 aliphatic rings. The Morgan fingerprint density at radius 2 is 1.75 bits per heavy atom. The molecule has 0 radical (unpaired) electrons. The van der Waals surface area contributed by atoms with Crippen molar-refractivity contribution in [1.29, 1.82) is 0 Å². The molecule has 0 saturated carbocycles. The summed E-state index contributed by atoms with van der Waals surface area (Å²) in [6.45, 7) is 0.135. The highest BCUT2D eigenvalue weighted by molar-refractivity contribution is 7.89. The molecule has 0 bridgehead atoms. The van der Waals surface area contributed by atoms with Gasteiger partial charge in [0.25, 0.3) is 0 Å². The van der Waals surface area contributed by atoms with Gasteiger partial charge in [0.2, 0.25) is 10.0 Å². The van der Waals surface area contributed by atoms with Crippen LogP contribution in [0.5, 0.6) is 0 Å². The van der Waals surface area contributed by atoms with E-state index in [9.17, 15) is 13.2 Å². The first-order chi connectivity index (χ1) is 15.2. The minimum Gasteiger partial charge on any atom is -0.481 e. The molecule has 0 unspecified atom stereocenters. The second-order valence-electron chi connectivity index (χ2n) is 6.98. The summed E-state index contributed by atoms with van der Waals surface area (Å²) in [4.78, 5) is 15.0. The Morgan fingerprint density at radius 3 is 2.41 bits per heavy atom. The topological polar surface area (TPSA) is 87.6 Å². The van der Waals surface area contributed by atoms with Crippen LogP contribution in [-0.2, 0) is 27.8 Å². The van der Waals surface area contributed by atoms with E-state index in [1.165, 1.54) is 22.8 Å². The maximum atomic E-state index is 13.3. The van der Waals surface area contributed by atoms with Gasteiger partial charge < -0.3 is 5.11 Å². The standard InChI is InChI=1S/C23H20Cl2N2O4S/c24-20-11-18(12-21(25)14-20)6-3-9-27(32(30,31)22-7-2-8-26-15-22)16-19-5-1-4-17(10-19)13-23(28)29/h1-8,10-12,14-15H,9,13,16H2,(H,28,29). The number of hydrogen-bond acceptors (Lipinski definition) is 4. The summed E-state index contributed by atoms with van der Waals surface area (Å²) in [5.41, 5.74) is 2.01. The van der Waals surface area contributed by atoms with Gasteiger partial charge in [0.15, 0.2) is 0 Å². The van der Waals surface area contributed by atoms with Crippen LogP contribution in [0, 0.1) is 0 Å². The Labute approximate surface area is 196 Å². The smallest absolute Gasteiger partial charge is 0.307 e. The van der Waals surface area contributed by atoms with E-state index in [0.717, 1.165) is 5.56 Å². The first kappa shape index (κ1) is 23.9. The number of halogens is 2. The molecule has 2 aromatic carbocycles. The zero-order chi connectivity index (χ0) is 23.1. The van der Waals surface area contributed by atoms with Crippen molar-refractivity contribution in [2.45, 2.75) is 17.9 Å². The van der Waals surface area contributed by atoms with Gasteiger partial charge in [0.05, 0.1) is 6.42 Å². The average Bonchev–Trinajstić information content (AvgIpc) is 2.73. The molecule has 0 aliphatic carbocycles. The highest BCUT2D eigenvalue weighted by atomic mass is 35.5. The third-order valence-corrected chi connectivity index (χ3v) is 6.71. The van der Waals surface area contributed by atoms with Crippen LogP contribution < -0.4 is 0 Å². The van der Waals surface area contributed by atoms with Gasteiger partial charge >= 0.3 is 5.97 Å². The van der Waals surface area contributed by atoms with Gasteiger partial charge in [-0.25, -0.2) is 8.42 Å². The lowest BCUT2D eigenvalue weighted by atomic mass is 10.1. The fourth-order valence-corrected chi connectivity index (χ4v) is 4.98. The summed E-state index contributed by atoms with van der Waals surface area (Å²) >= 11 is 12.1. The lowest BCUT2D eigenvalue weighted by Gasteiger charge is -2.21. The molecule has 0 fully saturated rings. The summed E-state index contributed by atoms with van der Waals surface area (Å²) in [5.74, 6) is -0.954. The third kappa shape index (κ3) is 6.64. The summed E-state index contributed by atoms with van der Waals surface area (Å²) in [5, 5.41) is 10.00. The van der Waals surface area contributed by atoms with E-state index in [1.807, 2.05) is 0 Å². The number of carboxylic acids is 1. The van der Waals surface area contributed by atoms with Gasteiger partial charge in [-0.05, 0) is 47.0 Å². The van der Waals surface area contributed by atoms with Crippen molar-refractivity contribution < 1.29 is 18.3 Å². The molecule has 0 aliphatic heterocycles. The summed E-state index contributed by atoms with van der Waals surface area (Å²) in [6, 6.07) is 15.0. The van der Waals surface area contributed by atoms with E-state index in [2.05, 4.69) is 4.98 Å². The molecule has 32 heavy (non-hydrogen) atoms. The largest absolute Gasteiger partial charge is 0.481 e. The molecule has 1 aromatic heterocycles. The fraction of sp³-hybridized carbons (Fsp3) is 0.130. The number of rotatable bonds is 9. The average molecular weight is 491 g/mol. The predicted molar refractivity (Wildman–Crippen MR) is 125 cm³/mol. The molecule has 1 heterocycles. The van der Waals surface area contributed by atoms with E-state index < -0.39 is 16.0 Å². The van der Waals surface area contributed by atoms with Crippen molar-refractivity contribution in [1.82, 2.24) is 9.29 Å². The Balaban J connectivity index is 1.89.